The van der Waals surface area contributed by atoms with Crippen molar-refractivity contribution in [3.05, 3.63) is 52.0 Å². The van der Waals surface area contributed by atoms with Crippen LogP contribution in [0.1, 0.15) is 25.0 Å². The van der Waals surface area contributed by atoms with Crippen molar-refractivity contribution in [3.8, 4) is 0 Å². The van der Waals surface area contributed by atoms with Crippen LogP contribution in [0.5, 0.6) is 0 Å². The lowest BCUT2D eigenvalue weighted by atomic mass is 10.1. The number of rotatable bonds is 3. The van der Waals surface area contributed by atoms with Crippen LogP contribution in [0.3, 0.4) is 0 Å². The van der Waals surface area contributed by atoms with Crippen LogP contribution >= 0.6 is 15.9 Å². The van der Waals surface area contributed by atoms with Crippen LogP contribution in [0.25, 0.3) is 0 Å². The quantitative estimate of drug-likeness (QED) is 0.705. The van der Waals surface area contributed by atoms with Gasteiger partial charge in [-0.25, -0.2) is 8.42 Å². The molecule has 3 rings (SSSR count). The molecule has 0 saturated carbocycles. The van der Waals surface area contributed by atoms with Gasteiger partial charge in [-0.3, -0.25) is 9.52 Å². The summed E-state index contributed by atoms with van der Waals surface area (Å²) in [4.78, 5) is 13.3. The Morgan fingerprint density at radius 3 is 2.54 bits per heavy atom. The van der Waals surface area contributed by atoms with Gasteiger partial charge in [0.1, 0.15) is 4.90 Å². The van der Waals surface area contributed by atoms with Crippen molar-refractivity contribution in [2.24, 2.45) is 0 Å². The molecule has 0 bridgehead atoms. The third-order valence-electron chi connectivity index (χ3n) is 4.39. The van der Waals surface area contributed by atoms with Crippen LogP contribution in [-0.2, 0) is 27.4 Å². The normalized spacial score (nSPS) is 16.8. The molecule has 0 fully saturated rings. The number of sulfonamides is 1. The lowest BCUT2D eigenvalue weighted by Gasteiger charge is -2.23. The zero-order valence-electron chi connectivity index (χ0n) is 14.8. The zero-order chi connectivity index (χ0) is 20.9. The fraction of sp³-hybridized carbons (Fsp3) is 0.278. The summed E-state index contributed by atoms with van der Waals surface area (Å²) in [7, 11) is -4.25. The van der Waals surface area contributed by atoms with Crippen LogP contribution in [0, 0.1) is 0 Å². The second-order valence-corrected chi connectivity index (χ2v) is 9.10. The van der Waals surface area contributed by atoms with Gasteiger partial charge in [-0.15, -0.1) is 0 Å². The molecule has 5 nitrogen and oxygen atoms in total. The van der Waals surface area contributed by atoms with Gasteiger partial charge >= 0.3 is 6.18 Å². The Bertz CT molecular complexity index is 1050. The van der Waals surface area contributed by atoms with Crippen LogP contribution in [0.15, 0.2) is 45.8 Å². The van der Waals surface area contributed by atoms with E-state index in [1.54, 1.807) is 13.0 Å². The summed E-state index contributed by atoms with van der Waals surface area (Å²) < 4.78 is 67.4. The smallest absolute Gasteiger partial charge is 0.308 e. The molecular formula is C18H16BrF3N2O3S. The Labute approximate surface area is 168 Å². The number of anilines is 2. The Kier molecular flexibility index (Phi) is 5.22. The molecule has 1 amide bonds. The summed E-state index contributed by atoms with van der Waals surface area (Å²) in [6, 6.07) is 6.77. The van der Waals surface area contributed by atoms with Crippen LogP contribution < -0.4 is 9.62 Å². The highest BCUT2D eigenvalue weighted by Gasteiger charge is 2.36. The molecule has 0 radical (unpaired) electrons. The highest BCUT2D eigenvalue weighted by atomic mass is 79.9. The molecule has 1 N–H and O–H groups in total. The molecule has 2 aromatic carbocycles. The number of nitrogens with zero attached hydrogens (tertiary/aromatic N) is 1. The van der Waals surface area contributed by atoms with E-state index in [2.05, 4.69) is 20.7 Å². The van der Waals surface area contributed by atoms with Gasteiger partial charge in [0, 0.05) is 23.1 Å². The predicted molar refractivity (Wildman–Crippen MR) is 103 cm³/mol. The van der Waals surface area contributed by atoms with Gasteiger partial charge in [0.2, 0.25) is 5.91 Å². The first-order chi connectivity index (χ1) is 12.9. The van der Waals surface area contributed by atoms with E-state index >= 15 is 0 Å². The summed E-state index contributed by atoms with van der Waals surface area (Å²) in [5, 5.41) is 0. The third-order valence-corrected chi connectivity index (χ3v) is 6.24. The van der Waals surface area contributed by atoms with Crippen LogP contribution in [0.2, 0.25) is 0 Å². The average molecular weight is 477 g/mol. The van der Waals surface area contributed by atoms with E-state index in [0.29, 0.717) is 16.5 Å². The molecule has 0 aromatic heterocycles. The Morgan fingerprint density at radius 2 is 1.93 bits per heavy atom. The number of hydrogen-bond acceptors (Lipinski definition) is 3. The molecule has 1 atom stereocenters. The van der Waals surface area contributed by atoms with E-state index < -0.39 is 21.8 Å². The van der Waals surface area contributed by atoms with Gasteiger partial charge < -0.3 is 4.90 Å². The lowest BCUT2D eigenvalue weighted by Crippen LogP contribution is -2.34. The number of carbonyl (C=O) groups is 1. The Morgan fingerprint density at radius 1 is 1.25 bits per heavy atom. The molecule has 1 heterocycles. The molecule has 28 heavy (non-hydrogen) atoms. The minimum atomic E-state index is -4.60. The first-order valence-corrected chi connectivity index (χ1v) is 10.5. The molecule has 10 heteroatoms. The highest BCUT2D eigenvalue weighted by molar-refractivity contribution is 9.10. The second kappa shape index (κ2) is 7.07. The zero-order valence-corrected chi connectivity index (χ0v) is 17.2. The number of benzene rings is 2. The van der Waals surface area contributed by atoms with Gasteiger partial charge in [0.05, 0.1) is 11.3 Å². The number of halogens is 4. The van der Waals surface area contributed by atoms with Gasteiger partial charge in [-0.2, -0.15) is 13.2 Å². The monoisotopic (exact) mass is 476 g/mol. The summed E-state index contributed by atoms with van der Waals surface area (Å²) in [5.41, 5.74) is -0.265. The fourth-order valence-corrected chi connectivity index (χ4v) is 5.30. The molecule has 0 aliphatic carbocycles. The number of nitrogens with one attached hydrogen (secondary N) is 1. The molecular weight excluding hydrogens is 461 g/mol. The summed E-state index contributed by atoms with van der Waals surface area (Å²) in [5.74, 6) is -0.316. The first kappa shape index (κ1) is 20.7. The number of amides is 1. The van der Waals surface area contributed by atoms with Crippen molar-refractivity contribution in [2.75, 3.05) is 9.62 Å². The topological polar surface area (TPSA) is 66.5 Å². The lowest BCUT2D eigenvalue weighted by molar-refractivity contribution is -0.137. The highest BCUT2D eigenvalue weighted by Crippen LogP contribution is 2.41. The Balaban J connectivity index is 2.08. The van der Waals surface area contributed by atoms with Crippen molar-refractivity contribution in [3.63, 3.8) is 0 Å². The molecule has 0 saturated heterocycles. The molecule has 1 aliphatic rings. The molecule has 1 aliphatic heterocycles. The summed E-state index contributed by atoms with van der Waals surface area (Å²) in [6.07, 6.45) is -4.13. The van der Waals surface area contributed by atoms with Crippen molar-refractivity contribution >= 4 is 43.2 Å². The van der Waals surface area contributed by atoms with Gasteiger partial charge in [-0.1, -0.05) is 22.0 Å². The maximum atomic E-state index is 13.0. The van der Waals surface area contributed by atoms with Crippen molar-refractivity contribution in [2.45, 2.75) is 37.4 Å². The SMILES string of the molecule is CC(=O)N1c2c(cc(Br)cc2S(=O)(=O)Nc2cccc(C(F)(F)F)c2)CC1C. The van der Waals surface area contributed by atoms with Crippen LogP contribution in [-0.4, -0.2) is 20.4 Å². The Hall–Kier alpha value is -2.07. The van der Waals surface area contributed by atoms with Gasteiger partial charge in [0.25, 0.3) is 10.0 Å². The summed E-state index contributed by atoms with van der Waals surface area (Å²) in [6.45, 7) is 3.14. The maximum Gasteiger partial charge on any atom is 0.416 e. The number of alkyl halides is 3. The third kappa shape index (κ3) is 3.88. The molecule has 2 aromatic rings. The van der Waals surface area contributed by atoms with E-state index in [9.17, 15) is 26.4 Å². The van der Waals surface area contributed by atoms with Crippen molar-refractivity contribution in [1.29, 1.82) is 0 Å². The van der Waals surface area contributed by atoms with E-state index in [0.717, 1.165) is 18.2 Å². The molecule has 150 valence electrons. The molecule has 1 unspecified atom stereocenters. The predicted octanol–water partition coefficient (Wildman–Crippen LogP) is 4.57. The van der Waals surface area contributed by atoms with E-state index in [1.807, 2.05) is 0 Å². The maximum absolute atomic E-state index is 13.0. The van der Waals surface area contributed by atoms with E-state index in [-0.39, 0.29) is 28.2 Å². The standard InChI is InChI=1S/C18H16BrF3N2O3S/c1-10-6-12-7-14(19)9-16(17(12)24(10)11(2)25)28(26,27)23-15-5-3-4-13(8-15)18(20,21)22/h3-5,7-10,23H,6H2,1-2H3. The molecule has 0 spiro atoms. The van der Waals surface area contributed by atoms with Crippen LogP contribution in [0.4, 0.5) is 24.5 Å². The fourth-order valence-electron chi connectivity index (χ4n) is 3.33. The van der Waals surface area contributed by atoms with Gasteiger partial charge in [-0.05, 0) is 49.2 Å². The van der Waals surface area contributed by atoms with E-state index in [1.165, 1.54) is 24.0 Å². The number of fused-ring (bicyclic) bond motifs is 1. The van der Waals surface area contributed by atoms with Gasteiger partial charge in [0.15, 0.2) is 0 Å². The van der Waals surface area contributed by atoms with Crippen molar-refractivity contribution < 1.29 is 26.4 Å². The average Bonchev–Trinajstić information content (AvgIpc) is 2.88. The van der Waals surface area contributed by atoms with E-state index in [4.69, 9.17) is 0 Å². The van der Waals surface area contributed by atoms with Crippen molar-refractivity contribution in [1.82, 2.24) is 0 Å². The number of carbonyl (C=O) groups excluding carboxylic acids is 1. The largest absolute Gasteiger partial charge is 0.416 e. The minimum absolute atomic E-state index is 0.172. The second-order valence-electron chi connectivity index (χ2n) is 6.54. The first-order valence-electron chi connectivity index (χ1n) is 8.22. The number of hydrogen-bond donors (Lipinski definition) is 1. The minimum Gasteiger partial charge on any atom is -0.308 e. The summed E-state index contributed by atoms with van der Waals surface area (Å²) >= 11 is 3.26.